The first-order chi connectivity index (χ1) is 9.95. The highest BCUT2D eigenvalue weighted by Crippen LogP contribution is 2.48. The molecule has 0 amide bonds. The summed E-state index contributed by atoms with van der Waals surface area (Å²) in [6.07, 6.45) is -1.77. The van der Waals surface area contributed by atoms with E-state index in [1.54, 1.807) is 0 Å². The number of hydrogen-bond donors (Lipinski definition) is 0. The Balaban J connectivity index is 1.96. The maximum atomic E-state index is 12.6. The van der Waals surface area contributed by atoms with E-state index in [2.05, 4.69) is 10.1 Å². The van der Waals surface area contributed by atoms with Gasteiger partial charge in [0.25, 0.3) is 0 Å². The molecule has 0 spiro atoms. The zero-order valence-corrected chi connectivity index (χ0v) is 11.7. The van der Waals surface area contributed by atoms with Gasteiger partial charge in [0.1, 0.15) is 5.88 Å². The number of aromatic nitrogens is 2. The Hall–Kier alpha value is -1.56. The number of nitrogens with zero attached hydrogens (tertiary/aromatic N) is 2. The van der Waals surface area contributed by atoms with Crippen LogP contribution in [-0.4, -0.2) is 10.1 Å². The topological polar surface area (TPSA) is 38.9 Å². The molecule has 0 saturated heterocycles. The van der Waals surface area contributed by atoms with Crippen molar-refractivity contribution in [3.8, 4) is 0 Å². The molecule has 0 aliphatic heterocycles. The molecular weight excluding hydrogens is 305 g/mol. The summed E-state index contributed by atoms with van der Waals surface area (Å²) >= 11 is 5.65. The summed E-state index contributed by atoms with van der Waals surface area (Å²) in [7, 11) is 0. The molecule has 1 aliphatic rings. The van der Waals surface area contributed by atoms with Gasteiger partial charge >= 0.3 is 6.18 Å². The molecule has 0 unspecified atom stereocenters. The third-order valence-corrected chi connectivity index (χ3v) is 4.21. The Morgan fingerprint density at radius 3 is 2.29 bits per heavy atom. The fourth-order valence-electron chi connectivity index (χ4n) is 2.65. The van der Waals surface area contributed by atoms with Crippen LogP contribution < -0.4 is 0 Å². The lowest BCUT2D eigenvalue weighted by atomic mass is 9.64. The van der Waals surface area contributed by atoms with Crippen molar-refractivity contribution in [3.63, 3.8) is 0 Å². The minimum absolute atomic E-state index is 0.121. The van der Waals surface area contributed by atoms with Crippen LogP contribution in [-0.2, 0) is 17.5 Å². The molecule has 1 saturated carbocycles. The molecule has 0 radical (unpaired) electrons. The van der Waals surface area contributed by atoms with Crippen LogP contribution in [0.1, 0.15) is 42.1 Å². The van der Waals surface area contributed by atoms with E-state index in [1.807, 2.05) is 0 Å². The van der Waals surface area contributed by atoms with Crippen molar-refractivity contribution in [1.29, 1.82) is 0 Å². The summed E-state index contributed by atoms with van der Waals surface area (Å²) in [6, 6.07) is 5.19. The number of alkyl halides is 4. The van der Waals surface area contributed by atoms with Crippen molar-refractivity contribution in [1.82, 2.24) is 10.1 Å². The molecule has 1 fully saturated rings. The van der Waals surface area contributed by atoms with Crippen LogP contribution in [0.3, 0.4) is 0 Å². The highest BCUT2D eigenvalue weighted by molar-refractivity contribution is 6.16. The highest BCUT2D eigenvalue weighted by Gasteiger charge is 2.44. The third kappa shape index (κ3) is 2.41. The molecule has 1 aliphatic carbocycles. The maximum absolute atomic E-state index is 12.6. The van der Waals surface area contributed by atoms with Crippen molar-refractivity contribution in [3.05, 3.63) is 47.1 Å². The van der Waals surface area contributed by atoms with E-state index in [0.29, 0.717) is 11.7 Å². The first-order valence-corrected chi connectivity index (χ1v) is 7.06. The quantitative estimate of drug-likeness (QED) is 0.793. The largest absolute Gasteiger partial charge is 0.416 e. The van der Waals surface area contributed by atoms with Crippen molar-refractivity contribution in [2.24, 2.45) is 0 Å². The molecule has 0 atom stereocenters. The zero-order chi connectivity index (χ0) is 15.1. The molecule has 112 valence electrons. The molecule has 2 aromatic rings. The van der Waals surface area contributed by atoms with Crippen molar-refractivity contribution in [2.45, 2.75) is 36.7 Å². The summed E-state index contributed by atoms with van der Waals surface area (Å²) in [4.78, 5) is 4.24. The van der Waals surface area contributed by atoms with Gasteiger partial charge in [0.2, 0.25) is 5.89 Å². The predicted octanol–water partition coefficient (Wildman–Crippen LogP) is 4.30. The Bertz CT molecular complexity index is 632. The van der Waals surface area contributed by atoms with E-state index >= 15 is 0 Å². The minimum atomic E-state index is -4.33. The highest BCUT2D eigenvalue weighted by atomic mass is 35.5. The Kier molecular flexibility index (Phi) is 3.43. The van der Waals surface area contributed by atoms with Gasteiger partial charge in [0.05, 0.1) is 11.0 Å². The van der Waals surface area contributed by atoms with Gasteiger partial charge < -0.3 is 4.52 Å². The molecule has 7 heteroatoms. The van der Waals surface area contributed by atoms with Crippen LogP contribution in [0.15, 0.2) is 28.8 Å². The second kappa shape index (κ2) is 5.02. The van der Waals surface area contributed by atoms with E-state index in [-0.39, 0.29) is 5.88 Å². The third-order valence-electron chi connectivity index (χ3n) is 3.98. The van der Waals surface area contributed by atoms with Gasteiger partial charge in [-0.05, 0) is 30.5 Å². The average molecular weight is 317 g/mol. The van der Waals surface area contributed by atoms with Gasteiger partial charge in [-0.3, -0.25) is 0 Å². The van der Waals surface area contributed by atoms with Gasteiger partial charge in [-0.1, -0.05) is 23.7 Å². The first-order valence-electron chi connectivity index (χ1n) is 6.52. The van der Waals surface area contributed by atoms with E-state index in [9.17, 15) is 13.2 Å². The van der Waals surface area contributed by atoms with E-state index in [1.165, 1.54) is 12.1 Å². The lowest BCUT2D eigenvalue weighted by Gasteiger charge is -2.39. The zero-order valence-electron chi connectivity index (χ0n) is 11.0. The minimum Gasteiger partial charge on any atom is -0.338 e. The lowest BCUT2D eigenvalue weighted by Crippen LogP contribution is -2.36. The van der Waals surface area contributed by atoms with Crippen LogP contribution in [0.25, 0.3) is 0 Å². The Morgan fingerprint density at radius 2 is 1.86 bits per heavy atom. The second-order valence-corrected chi connectivity index (χ2v) is 5.42. The van der Waals surface area contributed by atoms with Crippen molar-refractivity contribution >= 4 is 11.6 Å². The molecule has 21 heavy (non-hydrogen) atoms. The average Bonchev–Trinajstić information content (AvgIpc) is 2.86. The van der Waals surface area contributed by atoms with Gasteiger partial charge in [-0.25, -0.2) is 0 Å². The molecule has 0 bridgehead atoms. The number of benzene rings is 1. The molecule has 3 rings (SSSR count). The van der Waals surface area contributed by atoms with Gasteiger partial charge in [0, 0.05) is 0 Å². The predicted molar refractivity (Wildman–Crippen MR) is 69.9 cm³/mol. The molecule has 3 nitrogen and oxygen atoms in total. The normalized spacial score (nSPS) is 17.5. The Labute approximate surface area is 124 Å². The summed E-state index contributed by atoms with van der Waals surface area (Å²) in [6.45, 7) is 0. The van der Waals surface area contributed by atoms with Gasteiger partial charge in [-0.2, -0.15) is 18.2 Å². The SMILES string of the molecule is FC(F)(F)c1ccc(C2(c3noc(CCl)n3)CCC2)cc1. The van der Waals surface area contributed by atoms with Crippen LogP contribution in [0, 0.1) is 0 Å². The summed E-state index contributed by atoms with van der Waals surface area (Å²) < 4.78 is 42.9. The fraction of sp³-hybridized carbons (Fsp3) is 0.429. The molecule has 1 heterocycles. The van der Waals surface area contributed by atoms with E-state index in [4.69, 9.17) is 16.1 Å². The summed E-state index contributed by atoms with van der Waals surface area (Å²) in [5.41, 5.74) is -0.322. The van der Waals surface area contributed by atoms with Crippen LogP contribution in [0.2, 0.25) is 0 Å². The molecular formula is C14H12ClF3N2O. The summed E-state index contributed by atoms with van der Waals surface area (Å²) in [5, 5.41) is 3.94. The van der Waals surface area contributed by atoms with E-state index < -0.39 is 17.2 Å². The van der Waals surface area contributed by atoms with Crippen LogP contribution in [0.4, 0.5) is 13.2 Å². The lowest BCUT2D eigenvalue weighted by molar-refractivity contribution is -0.137. The number of hydrogen-bond acceptors (Lipinski definition) is 3. The van der Waals surface area contributed by atoms with Gasteiger partial charge in [0.15, 0.2) is 5.82 Å². The number of rotatable bonds is 3. The fourth-order valence-corrected chi connectivity index (χ4v) is 2.76. The maximum Gasteiger partial charge on any atom is 0.416 e. The van der Waals surface area contributed by atoms with Crippen LogP contribution in [0.5, 0.6) is 0 Å². The van der Waals surface area contributed by atoms with Crippen LogP contribution >= 0.6 is 11.6 Å². The standard InChI is InChI=1S/C14H12ClF3N2O/c15-8-11-19-12(20-21-11)13(6-1-7-13)9-2-4-10(5-3-9)14(16,17)18/h2-5H,1,6-8H2. The molecule has 1 aromatic heterocycles. The van der Waals surface area contributed by atoms with E-state index in [0.717, 1.165) is 37.0 Å². The monoisotopic (exact) mass is 316 g/mol. The smallest absolute Gasteiger partial charge is 0.338 e. The van der Waals surface area contributed by atoms with Crippen molar-refractivity contribution < 1.29 is 17.7 Å². The second-order valence-electron chi connectivity index (χ2n) is 5.16. The number of halogens is 4. The van der Waals surface area contributed by atoms with Gasteiger partial charge in [-0.15, -0.1) is 11.6 Å². The molecule has 0 N–H and O–H groups in total. The first kappa shape index (κ1) is 14.4. The van der Waals surface area contributed by atoms with Crippen molar-refractivity contribution in [2.75, 3.05) is 0 Å². The summed E-state index contributed by atoms with van der Waals surface area (Å²) in [5.74, 6) is 0.949. The Morgan fingerprint density at radius 1 is 1.19 bits per heavy atom. The molecule has 1 aromatic carbocycles.